The van der Waals surface area contributed by atoms with E-state index in [9.17, 15) is 14.0 Å². The van der Waals surface area contributed by atoms with E-state index in [1.54, 1.807) is 6.92 Å². The van der Waals surface area contributed by atoms with E-state index in [0.29, 0.717) is 6.61 Å². The number of hydrogen-bond acceptors (Lipinski definition) is 4. The molecule has 1 amide bonds. The van der Waals surface area contributed by atoms with Crippen molar-refractivity contribution in [3.63, 3.8) is 0 Å². The number of carbonyl (C=O) groups excluding carboxylic acids is 2. The SMILES string of the molecule is CCOC(=O)CCN(C)C(=O)c1cc(N)cc(F)c1. The van der Waals surface area contributed by atoms with Crippen LogP contribution >= 0.6 is 0 Å². The quantitative estimate of drug-likeness (QED) is 0.647. The van der Waals surface area contributed by atoms with E-state index in [0.717, 1.165) is 12.1 Å². The summed E-state index contributed by atoms with van der Waals surface area (Å²) in [7, 11) is 1.53. The lowest BCUT2D eigenvalue weighted by Gasteiger charge is -2.17. The van der Waals surface area contributed by atoms with Crippen LogP contribution in [0.25, 0.3) is 0 Å². The van der Waals surface area contributed by atoms with Gasteiger partial charge in [0.25, 0.3) is 5.91 Å². The summed E-state index contributed by atoms with van der Waals surface area (Å²) in [6, 6.07) is 3.64. The van der Waals surface area contributed by atoms with E-state index >= 15 is 0 Å². The van der Waals surface area contributed by atoms with Crippen molar-refractivity contribution in [2.45, 2.75) is 13.3 Å². The van der Waals surface area contributed by atoms with Crippen molar-refractivity contribution in [2.24, 2.45) is 0 Å². The second-order valence-corrected chi connectivity index (χ2v) is 4.05. The first kappa shape index (κ1) is 14.9. The minimum Gasteiger partial charge on any atom is -0.466 e. The Morgan fingerprint density at radius 3 is 2.63 bits per heavy atom. The molecule has 0 aliphatic heterocycles. The number of nitrogens with zero attached hydrogens (tertiary/aromatic N) is 1. The van der Waals surface area contributed by atoms with Crippen molar-refractivity contribution in [3.05, 3.63) is 29.6 Å². The van der Waals surface area contributed by atoms with Crippen LogP contribution in [0.1, 0.15) is 23.7 Å². The zero-order valence-electron chi connectivity index (χ0n) is 11.0. The zero-order valence-corrected chi connectivity index (χ0v) is 11.0. The van der Waals surface area contributed by atoms with Gasteiger partial charge in [-0.1, -0.05) is 0 Å². The summed E-state index contributed by atoms with van der Waals surface area (Å²) in [5.74, 6) is -1.33. The number of rotatable bonds is 5. The van der Waals surface area contributed by atoms with Crippen molar-refractivity contribution in [1.82, 2.24) is 4.90 Å². The highest BCUT2D eigenvalue weighted by molar-refractivity contribution is 5.95. The summed E-state index contributed by atoms with van der Waals surface area (Å²) in [6.45, 7) is 2.22. The lowest BCUT2D eigenvalue weighted by Crippen LogP contribution is -2.29. The lowest BCUT2D eigenvalue weighted by atomic mass is 10.1. The van der Waals surface area contributed by atoms with Crippen LogP contribution in [0.3, 0.4) is 0 Å². The maximum absolute atomic E-state index is 13.1. The van der Waals surface area contributed by atoms with Gasteiger partial charge in [-0.25, -0.2) is 4.39 Å². The van der Waals surface area contributed by atoms with Crippen LogP contribution < -0.4 is 5.73 Å². The Balaban J connectivity index is 2.63. The van der Waals surface area contributed by atoms with Crippen molar-refractivity contribution in [2.75, 3.05) is 25.9 Å². The van der Waals surface area contributed by atoms with Crippen molar-refractivity contribution in [1.29, 1.82) is 0 Å². The molecular formula is C13H17FN2O3. The van der Waals surface area contributed by atoms with Crippen LogP contribution in [0.5, 0.6) is 0 Å². The summed E-state index contributed by atoms with van der Waals surface area (Å²) in [5.41, 5.74) is 5.81. The minimum atomic E-state index is -0.567. The summed E-state index contributed by atoms with van der Waals surface area (Å²) >= 11 is 0. The summed E-state index contributed by atoms with van der Waals surface area (Å²) in [4.78, 5) is 24.5. The second-order valence-electron chi connectivity index (χ2n) is 4.05. The molecule has 0 saturated heterocycles. The fourth-order valence-electron chi connectivity index (χ4n) is 1.55. The van der Waals surface area contributed by atoms with Gasteiger partial charge in [-0.3, -0.25) is 9.59 Å². The highest BCUT2D eigenvalue weighted by atomic mass is 19.1. The molecule has 2 N–H and O–H groups in total. The van der Waals surface area contributed by atoms with E-state index in [1.807, 2.05) is 0 Å². The number of esters is 1. The molecule has 0 aromatic heterocycles. The highest BCUT2D eigenvalue weighted by Gasteiger charge is 2.14. The molecule has 0 radical (unpaired) electrons. The average molecular weight is 268 g/mol. The number of ether oxygens (including phenoxy) is 1. The molecule has 1 rings (SSSR count). The van der Waals surface area contributed by atoms with Gasteiger partial charge < -0.3 is 15.4 Å². The molecule has 6 heteroatoms. The molecular weight excluding hydrogens is 251 g/mol. The van der Waals surface area contributed by atoms with Gasteiger partial charge in [0.1, 0.15) is 5.82 Å². The molecule has 0 aliphatic carbocycles. The number of amides is 1. The molecule has 19 heavy (non-hydrogen) atoms. The van der Waals surface area contributed by atoms with Gasteiger partial charge in [0, 0.05) is 24.8 Å². The van der Waals surface area contributed by atoms with Gasteiger partial charge in [0.2, 0.25) is 0 Å². The van der Waals surface area contributed by atoms with Gasteiger partial charge in [-0.2, -0.15) is 0 Å². The number of benzene rings is 1. The zero-order chi connectivity index (χ0) is 14.4. The third-order valence-corrected chi connectivity index (χ3v) is 2.47. The van der Waals surface area contributed by atoms with Crippen LogP contribution in [0, 0.1) is 5.82 Å². The molecule has 0 saturated carbocycles. The Hall–Kier alpha value is -2.11. The summed E-state index contributed by atoms with van der Waals surface area (Å²) < 4.78 is 17.9. The van der Waals surface area contributed by atoms with Gasteiger partial charge >= 0.3 is 5.97 Å². The smallest absolute Gasteiger partial charge is 0.307 e. The molecule has 0 fully saturated rings. The molecule has 1 aromatic rings. The van der Waals surface area contributed by atoms with Crippen LogP contribution in [0.4, 0.5) is 10.1 Å². The van der Waals surface area contributed by atoms with E-state index in [2.05, 4.69) is 0 Å². The Morgan fingerprint density at radius 1 is 1.37 bits per heavy atom. The van der Waals surface area contributed by atoms with Crippen molar-refractivity contribution >= 4 is 17.6 Å². The van der Waals surface area contributed by atoms with E-state index in [1.165, 1.54) is 18.0 Å². The van der Waals surface area contributed by atoms with Crippen LogP contribution in [0.15, 0.2) is 18.2 Å². The molecule has 104 valence electrons. The molecule has 0 atom stereocenters. The number of anilines is 1. The number of carbonyl (C=O) groups is 2. The Labute approximate surface area is 111 Å². The Kier molecular flexibility index (Phi) is 5.29. The van der Waals surface area contributed by atoms with E-state index in [-0.39, 0.29) is 30.2 Å². The first-order chi connectivity index (χ1) is 8.93. The van der Waals surface area contributed by atoms with Crippen molar-refractivity contribution < 1.29 is 18.7 Å². The highest BCUT2D eigenvalue weighted by Crippen LogP contribution is 2.12. The normalized spacial score (nSPS) is 10.1. The van der Waals surface area contributed by atoms with Crippen LogP contribution in [-0.4, -0.2) is 37.0 Å². The lowest BCUT2D eigenvalue weighted by molar-refractivity contribution is -0.143. The third kappa shape index (κ3) is 4.57. The maximum Gasteiger partial charge on any atom is 0.307 e. The van der Waals surface area contributed by atoms with Crippen molar-refractivity contribution in [3.8, 4) is 0 Å². The maximum atomic E-state index is 13.1. The molecule has 5 nitrogen and oxygen atoms in total. The van der Waals surface area contributed by atoms with Crippen LogP contribution in [0.2, 0.25) is 0 Å². The van der Waals surface area contributed by atoms with E-state index in [4.69, 9.17) is 10.5 Å². The largest absolute Gasteiger partial charge is 0.466 e. The molecule has 0 spiro atoms. The first-order valence-corrected chi connectivity index (χ1v) is 5.91. The van der Waals surface area contributed by atoms with Gasteiger partial charge in [0.15, 0.2) is 0 Å². The topological polar surface area (TPSA) is 72.6 Å². The Morgan fingerprint density at radius 2 is 2.05 bits per heavy atom. The standard InChI is InChI=1S/C13H17FN2O3/c1-3-19-12(17)4-5-16(2)13(18)9-6-10(14)8-11(15)7-9/h6-8H,3-5,15H2,1-2H3. The van der Waals surface area contributed by atoms with Gasteiger partial charge in [0.05, 0.1) is 13.0 Å². The third-order valence-electron chi connectivity index (χ3n) is 2.47. The van der Waals surface area contributed by atoms with Crippen LogP contribution in [-0.2, 0) is 9.53 Å². The molecule has 0 unspecified atom stereocenters. The first-order valence-electron chi connectivity index (χ1n) is 5.91. The minimum absolute atomic E-state index is 0.0981. The molecule has 1 aromatic carbocycles. The number of hydrogen-bond donors (Lipinski definition) is 1. The summed E-state index contributed by atoms with van der Waals surface area (Å²) in [6.07, 6.45) is 0.0981. The number of nitrogen functional groups attached to an aromatic ring is 1. The molecule has 0 aliphatic rings. The second kappa shape index (κ2) is 6.72. The average Bonchev–Trinajstić information content (AvgIpc) is 2.34. The Bertz CT molecular complexity index is 457. The number of halogens is 1. The van der Waals surface area contributed by atoms with Gasteiger partial charge in [-0.15, -0.1) is 0 Å². The predicted octanol–water partition coefficient (Wildman–Crippen LogP) is 1.43. The predicted molar refractivity (Wildman–Crippen MR) is 69.0 cm³/mol. The van der Waals surface area contributed by atoms with Gasteiger partial charge in [-0.05, 0) is 25.1 Å². The monoisotopic (exact) mass is 268 g/mol. The molecule has 0 bridgehead atoms. The molecule has 0 heterocycles. The number of nitrogens with two attached hydrogens (primary N) is 1. The fourth-order valence-corrected chi connectivity index (χ4v) is 1.55. The summed E-state index contributed by atoms with van der Waals surface area (Å²) in [5, 5.41) is 0. The van der Waals surface area contributed by atoms with E-state index < -0.39 is 11.7 Å². The fraction of sp³-hybridized carbons (Fsp3) is 0.385.